The van der Waals surface area contributed by atoms with Gasteiger partial charge in [0.1, 0.15) is 32.1 Å². The Kier molecular flexibility index (Phi) is 20.9. The maximum absolute atomic E-state index is 12.1. The minimum atomic E-state index is -5.13. The molecule has 0 spiro atoms. The molecule has 0 saturated heterocycles. The predicted molar refractivity (Wildman–Crippen MR) is 248 cm³/mol. The summed E-state index contributed by atoms with van der Waals surface area (Å²) >= 11 is 23.0. The van der Waals surface area contributed by atoms with Crippen LogP contribution in [-0.2, 0) is 37.6 Å². The molecule has 33 heteroatoms. The van der Waals surface area contributed by atoms with Crippen LogP contribution in [-0.4, -0.2) is 83.1 Å². The molecule has 8 aromatic rings. The van der Waals surface area contributed by atoms with Gasteiger partial charge in [0.05, 0.1) is 22.1 Å². The summed E-state index contributed by atoms with van der Waals surface area (Å²) in [5, 5.41) is 62.5. The second-order valence-electron chi connectivity index (χ2n) is 13.6. The van der Waals surface area contributed by atoms with Gasteiger partial charge in [0.2, 0.25) is 33.0 Å². The van der Waals surface area contributed by atoms with Crippen LogP contribution in [0.25, 0.3) is 21.5 Å². The Bertz CT molecular complexity index is 3480. The normalized spacial score (nSPS) is 11.3. The first-order valence-electron chi connectivity index (χ1n) is 18.7. The van der Waals surface area contributed by atoms with Gasteiger partial charge in [-0.1, -0.05) is 30.3 Å². The molecular weight excluding hydrogens is 1140 g/mol. The molecule has 6 aromatic carbocycles. The first kappa shape index (κ1) is 60.3. The number of carboxylic acid groups (broad SMARTS) is 2. The quantitative estimate of drug-likeness (QED) is 0.0581. The average Bonchev–Trinajstić information content (AvgIpc) is 3.27. The van der Waals surface area contributed by atoms with E-state index in [9.17, 15) is 56.0 Å². The molecule has 24 nitrogen and oxygen atoms in total. The van der Waals surface area contributed by atoms with E-state index in [1.807, 2.05) is 0 Å². The van der Waals surface area contributed by atoms with Crippen molar-refractivity contribution in [2.45, 2.75) is 9.79 Å². The number of nitrogens with one attached hydrogen (secondary N) is 2. The molecule has 0 fully saturated rings. The summed E-state index contributed by atoms with van der Waals surface area (Å²) in [6.07, 6.45) is 0. The molecule has 362 valence electrons. The van der Waals surface area contributed by atoms with Crippen LogP contribution in [0.1, 0.15) is 20.7 Å². The Morgan fingerprint density at radius 1 is 0.562 bits per heavy atom. The number of anilines is 4. The molecule has 0 saturated carbocycles. The van der Waals surface area contributed by atoms with Crippen LogP contribution in [0.15, 0.2) is 127 Å². The van der Waals surface area contributed by atoms with Crippen molar-refractivity contribution >= 4 is 146 Å². The standard InChI is InChI=1S/2C20H12Cl2N6O6S.Cr.2Na/c2*21-18-24-19(22)26-20(25-18)23-10-5-6-11-9(7-10)8-14(35(32,33)34)15(16(11)29)28-27-13-4-2-1-3-12(13)17(30)31;;;/h2*1-8,29H,(H,30,31)(H,32,33,34)(H,23,24,25,26);;;/q;;;2*+1/p-2. The molecule has 73 heavy (non-hydrogen) atoms. The first-order valence-corrected chi connectivity index (χ1v) is 23.1. The van der Waals surface area contributed by atoms with Crippen molar-refractivity contribution < 1.29 is 132 Å². The van der Waals surface area contributed by atoms with E-state index < -0.39 is 64.8 Å². The van der Waals surface area contributed by atoms with Gasteiger partial charge >= 0.3 is 65.1 Å². The maximum Gasteiger partial charge on any atom is 1.00 e. The number of halogens is 4. The second kappa shape index (κ2) is 25.3. The van der Waals surface area contributed by atoms with Crippen LogP contribution in [0.5, 0.6) is 11.5 Å². The Hall–Kier alpha value is -5.29. The third-order valence-electron chi connectivity index (χ3n) is 9.10. The van der Waals surface area contributed by atoms with Gasteiger partial charge < -0.3 is 40.4 Å². The third kappa shape index (κ3) is 14.9. The summed E-state index contributed by atoms with van der Waals surface area (Å²) in [4.78, 5) is 43.7. The Morgan fingerprint density at radius 3 is 1.34 bits per heavy atom. The summed E-state index contributed by atoms with van der Waals surface area (Å²) < 4.78 is 69.7. The minimum absolute atomic E-state index is 0. The van der Waals surface area contributed by atoms with Gasteiger partial charge in [-0.2, -0.15) is 38.3 Å². The number of carbonyl (C=O) groups is 2. The molecule has 0 unspecified atom stereocenters. The van der Waals surface area contributed by atoms with Gasteiger partial charge in [0.25, 0.3) is 10.1 Å². The van der Waals surface area contributed by atoms with E-state index in [0.29, 0.717) is 11.4 Å². The molecule has 6 N–H and O–H groups in total. The Labute approximate surface area is 485 Å². The van der Waals surface area contributed by atoms with Crippen molar-refractivity contribution in [1.29, 1.82) is 0 Å². The fourth-order valence-electron chi connectivity index (χ4n) is 6.14. The number of carboxylic acids is 2. The number of nitrogens with zero attached hydrogens (tertiary/aromatic N) is 10. The topological polar surface area (TPSA) is 380 Å². The zero-order valence-corrected chi connectivity index (χ0v) is 46.4. The number of rotatable bonds is 12. The molecule has 0 aliphatic rings. The van der Waals surface area contributed by atoms with E-state index in [-0.39, 0.29) is 154 Å². The van der Waals surface area contributed by atoms with Gasteiger partial charge in [0.15, 0.2) is 11.5 Å². The van der Waals surface area contributed by atoms with Crippen molar-refractivity contribution in [2.75, 3.05) is 10.6 Å². The van der Waals surface area contributed by atoms with E-state index in [4.69, 9.17) is 46.4 Å². The van der Waals surface area contributed by atoms with Crippen molar-refractivity contribution in [1.82, 2.24) is 29.9 Å². The summed E-state index contributed by atoms with van der Waals surface area (Å²) in [5.41, 5.74) is -1.31. The fraction of sp³-hybridized carbons (Fsp3) is 0. The number of phenolic OH excluding ortho intramolecular Hbond substituents is 2. The predicted octanol–water partition coefficient (Wildman–Crippen LogP) is 2.61. The van der Waals surface area contributed by atoms with Gasteiger partial charge in [-0.3, -0.25) is 4.55 Å². The van der Waals surface area contributed by atoms with Gasteiger partial charge in [-0.15, -0.1) is 20.5 Å². The number of fused-ring (bicyclic) bond motifs is 2. The number of aromatic hydroxyl groups is 2. The van der Waals surface area contributed by atoms with Gasteiger partial charge in [0, 0.05) is 45.1 Å². The summed E-state index contributed by atoms with van der Waals surface area (Å²) in [7, 11) is -10.0. The molecule has 0 amide bonds. The smallest absolute Gasteiger partial charge is 0.744 e. The monoisotopic (exact) mass is 1160 g/mol. The van der Waals surface area contributed by atoms with E-state index >= 15 is 0 Å². The average molecular weight is 1170 g/mol. The molecule has 8 rings (SSSR count). The summed E-state index contributed by atoms with van der Waals surface area (Å²) in [6, 6.07) is 21.8. The Morgan fingerprint density at radius 2 is 0.945 bits per heavy atom. The number of carbonyl (C=O) groups excluding carboxylic acids is 1. The molecule has 2 heterocycles. The molecule has 0 radical (unpaired) electrons. The number of aromatic carboxylic acids is 2. The fourth-order valence-corrected chi connectivity index (χ4v) is 8.17. The van der Waals surface area contributed by atoms with E-state index in [2.05, 4.69) is 61.0 Å². The molecule has 0 atom stereocenters. The van der Waals surface area contributed by atoms with Crippen LogP contribution in [0.3, 0.4) is 0 Å². The van der Waals surface area contributed by atoms with Gasteiger partial charge in [-0.25, -0.2) is 13.2 Å². The largest absolute Gasteiger partial charge is 1.00 e. The molecular formula is C40H22Cl4CrN12Na2O12S2. The van der Waals surface area contributed by atoms with E-state index in [1.165, 1.54) is 84.9 Å². The van der Waals surface area contributed by atoms with Crippen LogP contribution in [0.2, 0.25) is 21.1 Å². The summed E-state index contributed by atoms with van der Waals surface area (Å²) in [6.45, 7) is 0. The second-order valence-corrected chi connectivity index (χ2v) is 17.7. The minimum Gasteiger partial charge on any atom is -0.744 e. The van der Waals surface area contributed by atoms with Crippen molar-refractivity contribution in [3.05, 3.63) is 129 Å². The summed E-state index contributed by atoms with van der Waals surface area (Å²) in [5.74, 6) is -4.09. The maximum atomic E-state index is 12.1. The molecule has 2 aromatic heterocycles. The molecule has 0 bridgehead atoms. The van der Waals surface area contributed by atoms with E-state index in [1.54, 1.807) is 0 Å². The third-order valence-corrected chi connectivity index (χ3v) is 11.5. The number of hydrogen-bond donors (Lipinski definition) is 6. The van der Waals surface area contributed by atoms with Gasteiger partial charge in [-0.05, 0) is 124 Å². The zero-order valence-electron chi connectivity index (χ0n) is 36.5. The number of benzene rings is 6. The number of azo groups is 2. The SMILES string of the molecule is O=C(O)c1ccccc1N=Nc1c(S(=O)(=O)[O-])cc2cc(Nc3nc(Cl)nc(Cl)n3)ccc2c1O.O=C([O-])c1ccccc1N=Nc1c(S(=O)(=O)O)cc2cc(Nc3nc(Cl)nc(Cl)n3)ccc2c1O.[Cr].[Na+].[Na+]. The number of hydrogen-bond acceptors (Lipinski definition) is 22. The van der Waals surface area contributed by atoms with Crippen molar-refractivity contribution in [3.8, 4) is 11.5 Å². The van der Waals surface area contributed by atoms with Crippen LogP contribution in [0, 0.1) is 0 Å². The molecule has 0 aliphatic heterocycles. The van der Waals surface area contributed by atoms with Crippen LogP contribution < -0.4 is 74.9 Å². The Balaban J connectivity index is 0.000000304. The van der Waals surface area contributed by atoms with Crippen LogP contribution in [0.4, 0.5) is 46.0 Å². The van der Waals surface area contributed by atoms with Crippen molar-refractivity contribution in [2.24, 2.45) is 20.5 Å². The number of phenols is 2. The first-order chi connectivity index (χ1) is 33.0. The van der Waals surface area contributed by atoms with Crippen LogP contribution >= 0.6 is 46.4 Å². The van der Waals surface area contributed by atoms with E-state index in [0.717, 1.165) is 12.1 Å². The number of aromatic nitrogens is 6. The molecule has 0 aliphatic carbocycles. The zero-order chi connectivity index (χ0) is 50.7. The van der Waals surface area contributed by atoms with Crippen molar-refractivity contribution in [3.63, 3.8) is 0 Å².